The topological polar surface area (TPSA) is 88.4 Å². The van der Waals surface area contributed by atoms with Gasteiger partial charge in [0.05, 0.1) is 20.8 Å². The Hall–Kier alpha value is -2.44. The molecule has 3 unspecified atom stereocenters. The second-order valence-corrected chi connectivity index (χ2v) is 7.52. The smallest absolute Gasteiger partial charge is 0.160 e. The quantitative estimate of drug-likeness (QED) is 0.586. The number of fused-ring (bicyclic) bond motifs is 1. The van der Waals surface area contributed by atoms with Crippen molar-refractivity contribution < 1.29 is 29.5 Å². The number of hydrogen-bond donors (Lipinski definition) is 3. The van der Waals surface area contributed by atoms with Gasteiger partial charge < -0.3 is 29.5 Å². The Morgan fingerprint density at radius 3 is 2.38 bits per heavy atom. The molecule has 0 bridgehead atoms. The molecule has 1 aliphatic carbocycles. The first-order valence-electron chi connectivity index (χ1n) is 9.99. The highest BCUT2D eigenvalue weighted by atomic mass is 16.5. The van der Waals surface area contributed by atoms with Gasteiger partial charge in [0.15, 0.2) is 23.0 Å². The second-order valence-electron chi connectivity index (χ2n) is 7.52. The van der Waals surface area contributed by atoms with E-state index < -0.39 is 0 Å². The number of benzene rings is 2. The summed E-state index contributed by atoms with van der Waals surface area (Å²) in [6.45, 7) is 3.28. The maximum absolute atomic E-state index is 10.4. The van der Waals surface area contributed by atoms with Gasteiger partial charge in [-0.25, -0.2) is 0 Å². The van der Waals surface area contributed by atoms with Gasteiger partial charge >= 0.3 is 0 Å². The molecule has 0 radical (unpaired) electrons. The standard InChI is InChI=1S/C23H30O6/c1-4-7-29-13-16-8-15-10-22(28-3)20(26)11-17(15)23(18(16)12-24)14-5-6-19(25)21(9-14)27-2/h5-6,9-11,16,18,23-26H,4,7-8,12-13H2,1-3H3. The van der Waals surface area contributed by atoms with Crippen LogP contribution in [-0.4, -0.2) is 49.4 Å². The summed E-state index contributed by atoms with van der Waals surface area (Å²) in [5.74, 6) is 0.779. The van der Waals surface area contributed by atoms with Gasteiger partial charge in [0.25, 0.3) is 0 Å². The third-order valence-corrected chi connectivity index (χ3v) is 5.75. The summed E-state index contributed by atoms with van der Waals surface area (Å²) < 4.78 is 16.4. The van der Waals surface area contributed by atoms with Gasteiger partial charge in [-0.05, 0) is 65.6 Å². The predicted molar refractivity (Wildman–Crippen MR) is 110 cm³/mol. The monoisotopic (exact) mass is 402 g/mol. The average Bonchev–Trinajstić information content (AvgIpc) is 2.73. The third kappa shape index (κ3) is 4.28. The summed E-state index contributed by atoms with van der Waals surface area (Å²) in [6.07, 6.45) is 1.67. The maximum atomic E-state index is 10.4. The molecule has 0 saturated heterocycles. The van der Waals surface area contributed by atoms with Crippen LogP contribution >= 0.6 is 0 Å². The van der Waals surface area contributed by atoms with Gasteiger partial charge in [-0.3, -0.25) is 0 Å². The molecule has 29 heavy (non-hydrogen) atoms. The highest BCUT2D eigenvalue weighted by Gasteiger charge is 2.38. The molecular formula is C23H30O6. The molecular weight excluding hydrogens is 372 g/mol. The Morgan fingerprint density at radius 1 is 1.00 bits per heavy atom. The number of rotatable bonds is 8. The van der Waals surface area contributed by atoms with Gasteiger partial charge in [-0.2, -0.15) is 0 Å². The van der Waals surface area contributed by atoms with E-state index in [0.29, 0.717) is 24.7 Å². The molecule has 1 aliphatic rings. The van der Waals surface area contributed by atoms with Crippen molar-refractivity contribution in [2.24, 2.45) is 11.8 Å². The molecule has 0 heterocycles. The number of methoxy groups -OCH3 is 2. The zero-order valence-electron chi connectivity index (χ0n) is 17.2. The van der Waals surface area contributed by atoms with Gasteiger partial charge in [0.2, 0.25) is 0 Å². The molecule has 3 atom stereocenters. The molecule has 6 nitrogen and oxygen atoms in total. The Balaban J connectivity index is 2.10. The van der Waals surface area contributed by atoms with E-state index in [1.807, 2.05) is 12.1 Å². The lowest BCUT2D eigenvalue weighted by Gasteiger charge is -2.39. The van der Waals surface area contributed by atoms with Crippen molar-refractivity contribution in [1.82, 2.24) is 0 Å². The van der Waals surface area contributed by atoms with E-state index in [1.165, 1.54) is 14.2 Å². The summed E-state index contributed by atoms with van der Waals surface area (Å²) in [4.78, 5) is 0. The summed E-state index contributed by atoms with van der Waals surface area (Å²) >= 11 is 0. The Morgan fingerprint density at radius 2 is 1.72 bits per heavy atom. The van der Waals surface area contributed by atoms with E-state index in [2.05, 4.69) is 6.92 Å². The first kappa shape index (κ1) is 21.3. The molecule has 158 valence electrons. The van der Waals surface area contributed by atoms with Crippen molar-refractivity contribution in [3.63, 3.8) is 0 Å². The van der Waals surface area contributed by atoms with Crippen LogP contribution in [0.5, 0.6) is 23.0 Å². The van der Waals surface area contributed by atoms with Crippen molar-refractivity contribution in [3.8, 4) is 23.0 Å². The number of phenolic OH excluding ortho intramolecular Hbond substituents is 2. The molecule has 0 aliphatic heterocycles. The van der Waals surface area contributed by atoms with Crippen LogP contribution in [0.3, 0.4) is 0 Å². The third-order valence-electron chi connectivity index (χ3n) is 5.75. The predicted octanol–water partition coefficient (Wildman–Crippen LogP) is 3.45. The van der Waals surface area contributed by atoms with Crippen LogP contribution in [0.1, 0.15) is 36.0 Å². The van der Waals surface area contributed by atoms with Crippen molar-refractivity contribution in [2.75, 3.05) is 34.0 Å². The molecule has 0 fully saturated rings. The molecule has 2 aromatic rings. The van der Waals surface area contributed by atoms with E-state index in [4.69, 9.17) is 14.2 Å². The summed E-state index contributed by atoms with van der Waals surface area (Å²) in [6, 6.07) is 8.83. The highest BCUT2D eigenvalue weighted by molar-refractivity contribution is 5.53. The van der Waals surface area contributed by atoms with E-state index in [9.17, 15) is 15.3 Å². The lowest BCUT2D eigenvalue weighted by atomic mass is 9.67. The van der Waals surface area contributed by atoms with E-state index in [0.717, 1.165) is 29.5 Å². The van der Waals surface area contributed by atoms with Gasteiger partial charge in [0.1, 0.15) is 0 Å². The minimum atomic E-state index is -0.176. The van der Waals surface area contributed by atoms with Crippen LogP contribution in [0, 0.1) is 11.8 Å². The molecule has 2 aromatic carbocycles. The Bertz CT molecular complexity index is 834. The molecule has 0 saturated carbocycles. The average molecular weight is 402 g/mol. The fraction of sp³-hybridized carbons (Fsp3) is 0.478. The number of ether oxygens (including phenoxy) is 3. The van der Waals surface area contributed by atoms with Gasteiger partial charge in [0, 0.05) is 19.1 Å². The number of aliphatic hydroxyl groups excluding tert-OH is 1. The lowest BCUT2D eigenvalue weighted by molar-refractivity contribution is 0.0484. The first-order chi connectivity index (χ1) is 14.0. The number of aliphatic hydroxyl groups is 1. The molecule has 6 heteroatoms. The molecule has 0 amide bonds. The second kappa shape index (κ2) is 9.37. The number of phenols is 2. The highest BCUT2D eigenvalue weighted by Crippen LogP contribution is 2.48. The maximum Gasteiger partial charge on any atom is 0.160 e. The molecule has 0 aromatic heterocycles. The Kier molecular flexibility index (Phi) is 6.87. The van der Waals surface area contributed by atoms with Crippen molar-refractivity contribution in [1.29, 1.82) is 0 Å². The van der Waals surface area contributed by atoms with Gasteiger partial charge in [-0.1, -0.05) is 13.0 Å². The van der Waals surface area contributed by atoms with Crippen LogP contribution in [-0.2, 0) is 11.2 Å². The van der Waals surface area contributed by atoms with Crippen molar-refractivity contribution in [3.05, 3.63) is 47.0 Å². The fourth-order valence-electron chi connectivity index (χ4n) is 4.32. The van der Waals surface area contributed by atoms with Crippen LogP contribution in [0.4, 0.5) is 0 Å². The molecule has 0 spiro atoms. The minimum Gasteiger partial charge on any atom is -0.504 e. The van der Waals surface area contributed by atoms with E-state index in [1.54, 1.807) is 18.2 Å². The molecule has 3 N–H and O–H groups in total. The van der Waals surface area contributed by atoms with E-state index in [-0.39, 0.29) is 35.9 Å². The first-order valence-corrected chi connectivity index (χ1v) is 9.99. The van der Waals surface area contributed by atoms with Crippen LogP contribution in [0.25, 0.3) is 0 Å². The zero-order valence-corrected chi connectivity index (χ0v) is 17.2. The Labute approximate surface area is 171 Å². The summed E-state index contributed by atoms with van der Waals surface area (Å²) in [7, 11) is 3.04. The fourth-order valence-corrected chi connectivity index (χ4v) is 4.32. The number of hydrogen-bond acceptors (Lipinski definition) is 6. The van der Waals surface area contributed by atoms with Crippen molar-refractivity contribution in [2.45, 2.75) is 25.7 Å². The normalized spacial score (nSPS) is 20.9. The summed E-state index contributed by atoms with van der Waals surface area (Å²) in [5.41, 5.74) is 2.91. The van der Waals surface area contributed by atoms with Crippen LogP contribution in [0.2, 0.25) is 0 Å². The van der Waals surface area contributed by atoms with Crippen LogP contribution < -0.4 is 9.47 Å². The van der Waals surface area contributed by atoms with Gasteiger partial charge in [-0.15, -0.1) is 0 Å². The molecule has 3 rings (SSSR count). The zero-order chi connectivity index (χ0) is 21.0. The SMILES string of the molecule is CCCOCC1Cc2cc(OC)c(O)cc2C(c2ccc(O)c(OC)c2)C1CO. The van der Waals surface area contributed by atoms with Crippen LogP contribution in [0.15, 0.2) is 30.3 Å². The lowest BCUT2D eigenvalue weighted by Crippen LogP contribution is -2.35. The largest absolute Gasteiger partial charge is 0.504 e. The van der Waals surface area contributed by atoms with E-state index >= 15 is 0 Å². The number of aromatic hydroxyl groups is 2. The minimum absolute atomic E-state index is 0.0136. The van der Waals surface area contributed by atoms with Crippen molar-refractivity contribution >= 4 is 0 Å². The summed E-state index contributed by atoms with van der Waals surface area (Å²) in [5, 5.41) is 30.7.